The first-order valence-corrected chi connectivity index (χ1v) is 11.9. The second-order valence-electron chi connectivity index (χ2n) is 7.55. The number of methoxy groups -OCH3 is 3. The molecular formula is C23H30N6O4S. The second kappa shape index (κ2) is 11.6. The van der Waals surface area contributed by atoms with Crippen LogP contribution in [-0.4, -0.2) is 65.8 Å². The number of thioether (sulfide) groups is 1. The van der Waals surface area contributed by atoms with Gasteiger partial charge in [0.05, 0.1) is 39.5 Å². The van der Waals surface area contributed by atoms with Crippen LogP contribution < -0.4 is 24.8 Å². The van der Waals surface area contributed by atoms with E-state index in [-0.39, 0.29) is 11.9 Å². The number of nitrogens with zero attached hydrogens (tertiary/aromatic N) is 4. The monoisotopic (exact) mass is 486 g/mol. The lowest BCUT2D eigenvalue weighted by Crippen LogP contribution is -2.25. The van der Waals surface area contributed by atoms with Gasteiger partial charge in [-0.2, -0.15) is 5.10 Å². The molecule has 182 valence electrons. The topological polar surface area (TPSA) is 112 Å². The van der Waals surface area contributed by atoms with Crippen molar-refractivity contribution in [2.75, 3.05) is 39.4 Å². The minimum absolute atomic E-state index is 0.230. The van der Waals surface area contributed by atoms with Gasteiger partial charge in [-0.3, -0.25) is 4.79 Å². The Morgan fingerprint density at radius 1 is 1.15 bits per heavy atom. The van der Waals surface area contributed by atoms with Crippen LogP contribution in [-0.2, 0) is 11.3 Å². The predicted molar refractivity (Wildman–Crippen MR) is 134 cm³/mol. The lowest BCUT2D eigenvalue weighted by Gasteiger charge is -2.12. The number of rotatable bonds is 11. The lowest BCUT2D eigenvalue weighted by molar-refractivity contribution is -0.116. The summed E-state index contributed by atoms with van der Waals surface area (Å²) in [4.78, 5) is 21.5. The van der Waals surface area contributed by atoms with Crippen molar-refractivity contribution < 1.29 is 19.0 Å². The van der Waals surface area contributed by atoms with Crippen molar-refractivity contribution in [1.29, 1.82) is 0 Å². The van der Waals surface area contributed by atoms with Gasteiger partial charge < -0.3 is 24.8 Å². The van der Waals surface area contributed by atoms with Gasteiger partial charge in [-0.25, -0.2) is 14.6 Å². The van der Waals surface area contributed by atoms with E-state index < -0.39 is 0 Å². The summed E-state index contributed by atoms with van der Waals surface area (Å²) in [5, 5.41) is 12.2. The maximum atomic E-state index is 12.4. The van der Waals surface area contributed by atoms with Gasteiger partial charge in [0.25, 0.3) is 0 Å². The van der Waals surface area contributed by atoms with Crippen LogP contribution in [0.3, 0.4) is 0 Å². The van der Waals surface area contributed by atoms with Crippen molar-refractivity contribution in [3.8, 4) is 17.2 Å². The van der Waals surface area contributed by atoms with Gasteiger partial charge in [0, 0.05) is 18.7 Å². The molecule has 0 bridgehead atoms. The van der Waals surface area contributed by atoms with E-state index in [1.807, 2.05) is 6.26 Å². The van der Waals surface area contributed by atoms with Crippen molar-refractivity contribution in [1.82, 2.24) is 25.1 Å². The molecule has 0 aliphatic rings. The van der Waals surface area contributed by atoms with Crippen LogP contribution in [0.1, 0.15) is 19.4 Å². The second-order valence-corrected chi connectivity index (χ2v) is 8.32. The number of ether oxygens (including phenoxy) is 3. The van der Waals surface area contributed by atoms with Crippen molar-refractivity contribution in [3.63, 3.8) is 0 Å². The maximum absolute atomic E-state index is 12.4. The first-order valence-electron chi connectivity index (χ1n) is 10.7. The van der Waals surface area contributed by atoms with Gasteiger partial charge in [0.1, 0.15) is 5.82 Å². The average Bonchev–Trinajstić information content (AvgIpc) is 3.24. The standard InChI is InChI=1S/C23H30N6O4S/c1-14(2)26-21-16-13-25-29(22(16)28-23(27-21)34-6)10-9-24-19(30)8-7-15-11-17(31-3)20(33-5)18(12-15)32-4/h7-8,11-14H,9-10H2,1-6H3,(H,24,30)(H,26,27,28). The minimum Gasteiger partial charge on any atom is -0.493 e. The summed E-state index contributed by atoms with van der Waals surface area (Å²) >= 11 is 1.47. The zero-order valence-electron chi connectivity index (χ0n) is 20.2. The van der Waals surface area contributed by atoms with Crippen molar-refractivity contribution >= 4 is 40.6 Å². The van der Waals surface area contributed by atoms with Gasteiger partial charge >= 0.3 is 0 Å². The molecule has 3 aromatic rings. The van der Waals surface area contributed by atoms with Crippen LogP contribution in [0.2, 0.25) is 0 Å². The van der Waals surface area contributed by atoms with Crippen LogP contribution in [0.4, 0.5) is 5.82 Å². The van der Waals surface area contributed by atoms with E-state index >= 15 is 0 Å². The Morgan fingerprint density at radius 3 is 2.44 bits per heavy atom. The molecule has 10 nitrogen and oxygen atoms in total. The highest BCUT2D eigenvalue weighted by Gasteiger charge is 2.14. The zero-order chi connectivity index (χ0) is 24.7. The molecule has 1 aromatic carbocycles. The molecule has 34 heavy (non-hydrogen) atoms. The van der Waals surface area contributed by atoms with E-state index in [0.29, 0.717) is 35.5 Å². The molecule has 1 amide bonds. The van der Waals surface area contributed by atoms with Gasteiger partial charge in [0.15, 0.2) is 22.3 Å². The molecular weight excluding hydrogens is 456 g/mol. The minimum atomic E-state index is -0.230. The SMILES string of the molecule is COc1cc(C=CC(=O)NCCn2ncc3c(NC(C)C)nc(SC)nc32)cc(OC)c1OC. The zero-order valence-corrected chi connectivity index (χ0v) is 21.0. The molecule has 0 aliphatic carbocycles. The van der Waals surface area contributed by atoms with Crippen molar-refractivity contribution in [3.05, 3.63) is 30.0 Å². The Labute approximate surface area is 203 Å². The van der Waals surface area contributed by atoms with Crippen LogP contribution in [0.25, 0.3) is 17.1 Å². The fourth-order valence-electron chi connectivity index (χ4n) is 3.29. The van der Waals surface area contributed by atoms with Crippen LogP contribution in [0.15, 0.2) is 29.6 Å². The average molecular weight is 487 g/mol. The van der Waals surface area contributed by atoms with Crippen molar-refractivity contribution in [2.24, 2.45) is 0 Å². The fourth-order valence-corrected chi connectivity index (χ4v) is 3.65. The Morgan fingerprint density at radius 2 is 1.85 bits per heavy atom. The van der Waals surface area contributed by atoms with Gasteiger partial charge in [0.2, 0.25) is 11.7 Å². The summed E-state index contributed by atoms with van der Waals surface area (Å²) in [6.07, 6.45) is 6.82. The highest BCUT2D eigenvalue weighted by molar-refractivity contribution is 7.98. The summed E-state index contributed by atoms with van der Waals surface area (Å²) in [5.41, 5.74) is 1.47. The third kappa shape index (κ3) is 5.90. The first-order chi connectivity index (χ1) is 16.4. The lowest BCUT2D eigenvalue weighted by atomic mass is 10.1. The number of hydrogen-bond acceptors (Lipinski definition) is 9. The first kappa shape index (κ1) is 25.2. The highest BCUT2D eigenvalue weighted by Crippen LogP contribution is 2.38. The van der Waals surface area contributed by atoms with Gasteiger partial charge in [-0.15, -0.1) is 0 Å². The van der Waals surface area contributed by atoms with Crippen LogP contribution >= 0.6 is 11.8 Å². The maximum Gasteiger partial charge on any atom is 0.244 e. The molecule has 3 rings (SSSR count). The number of fused-ring (bicyclic) bond motifs is 1. The van der Waals surface area contributed by atoms with E-state index in [1.165, 1.54) is 17.8 Å². The molecule has 0 atom stereocenters. The third-order valence-electron chi connectivity index (χ3n) is 4.82. The van der Waals surface area contributed by atoms with Crippen LogP contribution in [0.5, 0.6) is 17.2 Å². The molecule has 0 spiro atoms. The number of carbonyl (C=O) groups excluding carboxylic acids is 1. The van der Waals surface area contributed by atoms with E-state index in [4.69, 9.17) is 14.2 Å². The third-order valence-corrected chi connectivity index (χ3v) is 5.37. The van der Waals surface area contributed by atoms with E-state index in [2.05, 4.69) is 39.5 Å². The molecule has 2 N–H and O–H groups in total. The van der Waals surface area contributed by atoms with E-state index in [1.54, 1.807) is 50.4 Å². The summed E-state index contributed by atoms with van der Waals surface area (Å²) in [7, 11) is 4.64. The molecule has 2 heterocycles. The number of aromatic nitrogens is 4. The van der Waals surface area contributed by atoms with Gasteiger partial charge in [-0.1, -0.05) is 11.8 Å². The summed E-state index contributed by atoms with van der Waals surface area (Å²) in [6.45, 7) is 4.97. The highest BCUT2D eigenvalue weighted by atomic mass is 32.2. The van der Waals surface area contributed by atoms with E-state index in [0.717, 1.165) is 22.4 Å². The quantitative estimate of drug-likeness (QED) is 0.240. The van der Waals surface area contributed by atoms with Crippen LogP contribution in [0, 0.1) is 0 Å². The number of nitrogens with one attached hydrogen (secondary N) is 2. The summed E-state index contributed by atoms with van der Waals surface area (Å²) in [5.74, 6) is 2.06. The predicted octanol–water partition coefficient (Wildman–Crippen LogP) is 3.22. The number of amides is 1. The largest absolute Gasteiger partial charge is 0.493 e. The Hall–Kier alpha value is -3.47. The number of carbonyl (C=O) groups is 1. The Kier molecular flexibility index (Phi) is 8.58. The van der Waals surface area contributed by atoms with Gasteiger partial charge in [-0.05, 0) is 43.9 Å². The molecule has 11 heteroatoms. The molecule has 0 aliphatic heterocycles. The molecule has 0 unspecified atom stereocenters. The van der Waals surface area contributed by atoms with E-state index in [9.17, 15) is 4.79 Å². The number of anilines is 1. The summed E-state index contributed by atoms with van der Waals surface area (Å²) < 4.78 is 17.8. The molecule has 0 saturated heterocycles. The Bertz CT molecular complexity index is 1150. The number of hydrogen-bond donors (Lipinski definition) is 2. The molecule has 0 radical (unpaired) electrons. The molecule has 2 aromatic heterocycles. The number of benzene rings is 1. The summed E-state index contributed by atoms with van der Waals surface area (Å²) in [6, 6.07) is 3.77. The molecule has 0 saturated carbocycles. The van der Waals surface area contributed by atoms with Crippen molar-refractivity contribution in [2.45, 2.75) is 31.6 Å². The molecule has 0 fully saturated rings. The smallest absolute Gasteiger partial charge is 0.244 e. The normalized spacial score (nSPS) is 11.3. The Balaban J connectivity index is 1.67. The fraction of sp³-hybridized carbons (Fsp3) is 0.391.